The number of thioether (sulfide) groups is 1. The molecule has 0 radical (unpaired) electrons. The minimum Gasteiger partial charge on any atom is -0.394 e. The Labute approximate surface area is 168 Å². The van der Waals surface area contributed by atoms with E-state index < -0.39 is 48.1 Å². The van der Waals surface area contributed by atoms with E-state index >= 15 is 0 Å². The van der Waals surface area contributed by atoms with Crippen molar-refractivity contribution in [2.24, 2.45) is 0 Å². The lowest BCUT2D eigenvalue weighted by Crippen LogP contribution is -2.63. The highest BCUT2D eigenvalue weighted by Gasteiger charge is 2.50. The van der Waals surface area contributed by atoms with Crippen molar-refractivity contribution in [3.05, 3.63) is 44.8 Å². The standard InChI is InChI=1S/C16H16N2O8S2/c19-6-9-11(20)12(21)13(22)15(26-9)17-14(23)10(28-16(17)27)5-7-1-3-8(4-2-7)18(24)25/h1-5,9,11-13,15,19-22H,6H2/b10-5+/t9-,11+,12+,13+,15-/m0/s1. The topological polar surface area (TPSA) is 154 Å². The van der Waals surface area contributed by atoms with Crippen LogP contribution in [0, 0.1) is 10.1 Å². The van der Waals surface area contributed by atoms with Crippen molar-refractivity contribution in [3.8, 4) is 0 Å². The first-order valence-electron chi connectivity index (χ1n) is 8.06. The van der Waals surface area contributed by atoms with E-state index in [1.807, 2.05) is 0 Å². The fourth-order valence-corrected chi connectivity index (χ4v) is 4.15. The van der Waals surface area contributed by atoms with Gasteiger partial charge in [-0.15, -0.1) is 0 Å². The van der Waals surface area contributed by atoms with E-state index in [2.05, 4.69) is 0 Å². The molecule has 0 bridgehead atoms. The van der Waals surface area contributed by atoms with Crippen LogP contribution in [-0.2, 0) is 9.53 Å². The van der Waals surface area contributed by atoms with Crippen LogP contribution >= 0.6 is 24.0 Å². The van der Waals surface area contributed by atoms with Crippen molar-refractivity contribution in [1.82, 2.24) is 4.90 Å². The SMILES string of the molecule is O=C1/C(=C\c2ccc([N+](=O)[O-])cc2)SC(=S)N1[C@H]1O[C@@H](CO)[C@@H](O)[C@@H](O)[C@H]1O. The molecule has 1 amide bonds. The van der Waals surface area contributed by atoms with E-state index in [0.29, 0.717) is 5.56 Å². The number of carbonyl (C=O) groups is 1. The lowest BCUT2D eigenvalue weighted by Gasteiger charge is -2.42. The van der Waals surface area contributed by atoms with E-state index in [1.54, 1.807) is 0 Å². The van der Waals surface area contributed by atoms with Gasteiger partial charge in [0.25, 0.3) is 11.6 Å². The molecule has 2 aliphatic heterocycles. The number of benzene rings is 1. The quantitative estimate of drug-likeness (QED) is 0.215. The van der Waals surface area contributed by atoms with Crippen LogP contribution in [0.5, 0.6) is 0 Å². The van der Waals surface area contributed by atoms with Crippen molar-refractivity contribution < 1.29 is 34.9 Å². The van der Waals surface area contributed by atoms with Crippen LogP contribution in [0.3, 0.4) is 0 Å². The Bertz CT molecular complexity index is 828. The van der Waals surface area contributed by atoms with Crippen LogP contribution in [-0.4, -0.2) is 77.7 Å². The molecule has 2 aliphatic rings. The van der Waals surface area contributed by atoms with Gasteiger partial charge in [0.05, 0.1) is 16.4 Å². The molecule has 10 nitrogen and oxygen atoms in total. The number of nitro groups is 1. The Morgan fingerprint density at radius 2 is 1.86 bits per heavy atom. The summed E-state index contributed by atoms with van der Waals surface area (Å²) in [5, 5.41) is 50.0. The molecule has 0 aromatic heterocycles. The van der Waals surface area contributed by atoms with Crippen LogP contribution in [0.4, 0.5) is 5.69 Å². The Kier molecular flexibility index (Phi) is 6.09. The summed E-state index contributed by atoms with van der Waals surface area (Å²) in [5.74, 6) is -0.599. The molecule has 3 rings (SSSR count). The summed E-state index contributed by atoms with van der Waals surface area (Å²) in [5.41, 5.74) is 0.436. The summed E-state index contributed by atoms with van der Waals surface area (Å²) in [6.07, 6.45) is -5.91. The molecule has 2 heterocycles. The molecule has 4 N–H and O–H groups in total. The largest absolute Gasteiger partial charge is 0.394 e. The zero-order chi connectivity index (χ0) is 20.6. The van der Waals surface area contributed by atoms with E-state index in [0.717, 1.165) is 16.7 Å². The van der Waals surface area contributed by atoms with Gasteiger partial charge in [-0.3, -0.25) is 19.8 Å². The van der Waals surface area contributed by atoms with Crippen LogP contribution in [0.25, 0.3) is 6.08 Å². The maximum absolute atomic E-state index is 12.8. The Balaban J connectivity index is 1.84. The van der Waals surface area contributed by atoms with Gasteiger partial charge in [-0.1, -0.05) is 24.0 Å². The van der Waals surface area contributed by atoms with Crippen molar-refractivity contribution in [1.29, 1.82) is 0 Å². The van der Waals surface area contributed by atoms with Crippen molar-refractivity contribution in [3.63, 3.8) is 0 Å². The predicted molar refractivity (Wildman–Crippen MR) is 102 cm³/mol. The van der Waals surface area contributed by atoms with Crippen LogP contribution in [0.2, 0.25) is 0 Å². The number of thiocarbonyl (C=S) groups is 1. The number of nitro benzene ring substituents is 1. The molecular formula is C16H16N2O8S2. The summed E-state index contributed by atoms with van der Waals surface area (Å²) < 4.78 is 5.45. The molecule has 28 heavy (non-hydrogen) atoms. The first kappa shape index (κ1) is 20.8. The minimum atomic E-state index is -1.64. The third kappa shape index (κ3) is 3.80. The van der Waals surface area contributed by atoms with Gasteiger partial charge >= 0.3 is 0 Å². The molecule has 0 unspecified atom stereocenters. The Morgan fingerprint density at radius 3 is 2.43 bits per heavy atom. The zero-order valence-electron chi connectivity index (χ0n) is 14.1. The molecule has 1 aromatic rings. The number of carbonyl (C=O) groups excluding carboxylic acids is 1. The summed E-state index contributed by atoms with van der Waals surface area (Å²) in [4.78, 5) is 24.1. The second-order valence-corrected chi connectivity index (χ2v) is 7.80. The fourth-order valence-electron chi connectivity index (χ4n) is 2.84. The zero-order valence-corrected chi connectivity index (χ0v) is 15.7. The van der Waals surface area contributed by atoms with Gasteiger partial charge < -0.3 is 25.2 Å². The van der Waals surface area contributed by atoms with E-state index in [4.69, 9.17) is 17.0 Å². The monoisotopic (exact) mass is 428 g/mol. The van der Waals surface area contributed by atoms with Gasteiger partial charge in [-0.05, 0) is 23.8 Å². The second-order valence-electron chi connectivity index (χ2n) is 6.12. The number of nitrogens with zero attached hydrogens (tertiary/aromatic N) is 2. The van der Waals surface area contributed by atoms with Gasteiger partial charge in [0.1, 0.15) is 24.4 Å². The summed E-state index contributed by atoms with van der Waals surface area (Å²) in [6, 6.07) is 5.53. The molecule has 5 atom stereocenters. The van der Waals surface area contributed by atoms with Gasteiger partial charge in [0.2, 0.25) is 0 Å². The van der Waals surface area contributed by atoms with Crippen molar-refractivity contribution in [2.75, 3.05) is 6.61 Å². The van der Waals surface area contributed by atoms with Crippen LogP contribution in [0.1, 0.15) is 5.56 Å². The number of amides is 1. The van der Waals surface area contributed by atoms with Gasteiger partial charge in [-0.25, -0.2) is 0 Å². The van der Waals surface area contributed by atoms with Gasteiger partial charge in [0.15, 0.2) is 10.5 Å². The summed E-state index contributed by atoms with van der Waals surface area (Å²) >= 11 is 6.11. The number of non-ortho nitro benzene ring substituents is 1. The Morgan fingerprint density at radius 1 is 1.21 bits per heavy atom. The molecule has 1 aromatic carbocycles. The minimum absolute atomic E-state index is 0.0579. The van der Waals surface area contributed by atoms with Crippen molar-refractivity contribution in [2.45, 2.75) is 30.6 Å². The molecule has 2 saturated heterocycles. The highest BCUT2D eigenvalue weighted by molar-refractivity contribution is 8.26. The fraction of sp³-hybridized carbons (Fsp3) is 0.375. The average Bonchev–Trinajstić information content (AvgIpc) is 2.94. The third-order valence-electron chi connectivity index (χ3n) is 4.35. The number of hydrogen-bond donors (Lipinski definition) is 4. The van der Waals surface area contributed by atoms with Crippen molar-refractivity contribution >= 4 is 46.0 Å². The lowest BCUT2D eigenvalue weighted by atomic mass is 9.98. The molecule has 2 fully saturated rings. The number of aliphatic hydroxyl groups is 4. The van der Waals surface area contributed by atoms with Crippen LogP contribution < -0.4 is 0 Å². The number of rotatable bonds is 4. The van der Waals surface area contributed by atoms with E-state index in [9.17, 15) is 35.3 Å². The molecule has 0 spiro atoms. The summed E-state index contributed by atoms with van der Waals surface area (Å²) in [6.45, 7) is -0.630. The first-order valence-corrected chi connectivity index (χ1v) is 9.29. The molecule has 12 heteroatoms. The highest BCUT2D eigenvalue weighted by Crippen LogP contribution is 2.37. The average molecular weight is 428 g/mol. The number of ether oxygens (including phenoxy) is 1. The number of aliphatic hydroxyl groups excluding tert-OH is 4. The first-order chi connectivity index (χ1) is 13.2. The normalized spacial score (nSPS) is 32.2. The molecule has 150 valence electrons. The van der Waals surface area contributed by atoms with E-state index in [1.165, 1.54) is 30.3 Å². The maximum Gasteiger partial charge on any atom is 0.269 e. The molecule has 0 aliphatic carbocycles. The highest BCUT2D eigenvalue weighted by atomic mass is 32.2. The Hall–Kier alpha value is -1.93. The van der Waals surface area contributed by atoms with Crippen LogP contribution in [0.15, 0.2) is 29.2 Å². The summed E-state index contributed by atoms with van der Waals surface area (Å²) in [7, 11) is 0. The molecular weight excluding hydrogens is 412 g/mol. The molecule has 0 saturated carbocycles. The van der Waals surface area contributed by atoms with Gasteiger partial charge in [-0.2, -0.15) is 0 Å². The predicted octanol–water partition coefficient (Wildman–Crippen LogP) is -0.404. The second kappa shape index (κ2) is 8.21. The smallest absolute Gasteiger partial charge is 0.269 e. The maximum atomic E-state index is 12.8. The lowest BCUT2D eigenvalue weighted by molar-refractivity contribution is -0.384. The van der Waals surface area contributed by atoms with Gasteiger partial charge in [0, 0.05) is 12.1 Å². The third-order valence-corrected chi connectivity index (χ3v) is 5.68. The number of hydrogen-bond acceptors (Lipinski definition) is 10. The van der Waals surface area contributed by atoms with E-state index in [-0.39, 0.29) is 14.9 Å².